The molecule has 3 saturated heterocycles. The number of alkyl halides is 2. The second kappa shape index (κ2) is 150. The van der Waals surface area contributed by atoms with Gasteiger partial charge < -0.3 is 67.1 Å². The third kappa shape index (κ3) is 152. The number of hydrogen-bond acceptors (Lipinski definition) is 15. The van der Waals surface area contributed by atoms with E-state index in [9.17, 15) is 19.2 Å². The van der Waals surface area contributed by atoms with Crippen molar-refractivity contribution in [2.45, 2.75) is 593 Å². The van der Waals surface area contributed by atoms with E-state index in [1.54, 1.807) is 0 Å². The molecule has 24 heteroatoms. The number of esters is 4. The van der Waals surface area contributed by atoms with Gasteiger partial charge in [0, 0.05) is 86.4 Å². The van der Waals surface area contributed by atoms with Crippen LogP contribution in [0.5, 0.6) is 0 Å². The molecule has 5 rings (SSSR count). The van der Waals surface area contributed by atoms with Gasteiger partial charge in [0.15, 0.2) is 12.6 Å². The number of rotatable bonds is 89. The summed E-state index contributed by atoms with van der Waals surface area (Å²) in [5.41, 5.74) is 2.99. The second-order valence-corrected chi connectivity index (χ2v) is 42.8. The Bertz CT molecular complexity index is 2770. The van der Waals surface area contributed by atoms with E-state index in [0.717, 1.165) is 122 Å². The van der Waals surface area contributed by atoms with Gasteiger partial charge in [0.25, 0.3) is 0 Å². The molecule has 2 aromatic carbocycles. The van der Waals surface area contributed by atoms with Gasteiger partial charge >= 0.3 is 118 Å². The molecule has 0 radical (unpaired) electrons. The average molecular weight is 2770 g/mol. The first-order valence-electron chi connectivity index (χ1n) is 59.9. The molecule has 3 heterocycles. The third-order valence-electron chi connectivity index (χ3n) is 26.0. The molecule has 3 aliphatic heterocycles. The number of aryl methyl sites for hydroxylation is 2. The first-order chi connectivity index (χ1) is 71.2. The van der Waals surface area contributed by atoms with Crippen LogP contribution in [0.2, 0.25) is 0 Å². The monoisotopic (exact) mass is 2760 g/mol. The van der Waals surface area contributed by atoms with Crippen LogP contribution in [-0.2, 0) is 106 Å². The van der Waals surface area contributed by atoms with E-state index in [1.165, 1.54) is 539 Å². The van der Waals surface area contributed by atoms with E-state index in [-0.39, 0.29) is 85.5 Å². The number of unbranched alkanes of at least 4 members (excludes halogenated alkanes) is 69. The number of halogens is 6. The average Bonchev–Trinajstić information content (AvgIpc) is 1.03. The van der Waals surface area contributed by atoms with Crippen LogP contribution in [-0.4, -0.2) is 130 Å². The molecule has 858 valence electrons. The van der Waals surface area contributed by atoms with Gasteiger partial charge in [0.2, 0.25) is 0 Å². The minimum absolute atomic E-state index is 0. The van der Waals surface area contributed by atoms with Crippen LogP contribution in [0.4, 0.5) is 0 Å². The molecular formula is C123H229Br2I4NaO15Zn2. The van der Waals surface area contributed by atoms with Gasteiger partial charge in [-0.1, -0.05) is 475 Å². The maximum atomic E-state index is 10.6. The Balaban J connectivity index is -0.000000262. The Hall–Kier alpha value is 2.17. The van der Waals surface area contributed by atoms with Crippen molar-refractivity contribution in [3.05, 3.63) is 80.6 Å². The van der Waals surface area contributed by atoms with Gasteiger partial charge in [-0.2, -0.15) is 12.8 Å². The van der Waals surface area contributed by atoms with Crippen LogP contribution in [0.25, 0.3) is 0 Å². The molecule has 0 aliphatic carbocycles. The quantitative estimate of drug-likeness (QED) is 0.0125. The van der Waals surface area contributed by atoms with Gasteiger partial charge in [-0.15, -0.1) is 0 Å². The van der Waals surface area contributed by atoms with Crippen molar-refractivity contribution in [3.8, 4) is 0 Å². The summed E-state index contributed by atoms with van der Waals surface area (Å²) in [6.45, 7) is 20.3. The molecule has 0 spiro atoms. The van der Waals surface area contributed by atoms with Gasteiger partial charge in [-0.05, 0) is 214 Å². The van der Waals surface area contributed by atoms with Gasteiger partial charge in [0.1, 0.15) is 0 Å². The molecule has 2 aromatic rings. The Morgan fingerprint density at radius 1 is 0.327 bits per heavy atom. The zero-order valence-corrected chi connectivity index (χ0v) is 115. The van der Waals surface area contributed by atoms with Gasteiger partial charge in [0.05, 0.1) is 27.8 Å². The number of ether oxygens (including phenoxy) is 9. The van der Waals surface area contributed by atoms with Crippen molar-refractivity contribution < 1.29 is 134 Å². The van der Waals surface area contributed by atoms with Gasteiger partial charge in [-0.25, -0.2) is 0 Å². The number of hydrogen-bond donors (Lipinski definition) is 1. The zero-order chi connectivity index (χ0) is 107. The third-order valence-corrected chi connectivity index (χ3v) is 28.0. The fraction of sp³-hybridized carbons (Fsp3) is 0.854. The molecule has 147 heavy (non-hydrogen) atoms. The molecule has 3 atom stereocenters. The zero-order valence-electron chi connectivity index (χ0n) is 96.5. The fourth-order valence-electron chi connectivity index (χ4n) is 17.3. The van der Waals surface area contributed by atoms with Crippen molar-refractivity contribution in [1.29, 1.82) is 0 Å². The predicted molar refractivity (Wildman–Crippen MR) is 661 cm³/mol. The molecule has 0 amide bonds. The SMILES string of the molecule is BrCCCCCCCCCCCOC1CCCCO1.C.CC(=O)OCCCCCCCCCCCCCCCCCCc1ccc(I)cc1.CC(=O)OCCCCCCCCCCCCCCCCCOC1CCCCO1.CI.OCCCCCCCCCCCCCCCCCCc1ccc(I)cc1.[2H]C1CCCO1.[CH2-]CCCCCCCCCCCCCCCCOC(C)=O.[CH2-]CCCCCOC(C)=O.[Na+].[OH-].[Zn+][Br].[Zn+][I]. The second-order valence-electron chi connectivity index (χ2n) is 39.6. The summed E-state index contributed by atoms with van der Waals surface area (Å²) in [5.74, 6) is -0.652. The molecule has 3 aliphatic rings. The maximum absolute atomic E-state index is 10.6. The van der Waals surface area contributed by atoms with E-state index >= 15 is 0 Å². The standard InChI is InChI=1S/C26H43IO2.C24H41IO.C24H46O4.C19H37O2.C16H31BrO2.C8H15O2.C4H8O.CH3I.CH4.BrH.HI.Na.H2O.2Zn/c1-24(28)29-23-17-15-13-11-9-7-5-3-2-4-6-8-10-12-14-16-18-25-19-21-26(27)22-20-25;25-24-20-18-23(19-21-24)17-15-13-11-9-7-5-3-1-2-4-6-8-10-12-14-16-22-26;1-23(25)26-20-16-13-11-9-7-5-3-2-4-6-8-10-12-14-17-21-27-24-19-15-18-22-28-24;1-3-4-5-6-7-8-9-10-11-12-13-14-15-16-17-18-21-19(2)20;17-13-9-6-4-2-1-3-5-7-10-14-18-16-12-8-11-15-19-16;1-3-4-5-6-7-10-8(2)9;1-2-4-5-3-1;1-2;;;;;;;/h19-22H,2-18,23H2,1H3;18-21,26H,1-17,22H2;24H,2-22H2,1H3;1,3-18H2,2H3;16H,1-15H2;1,3-7H2,2H3;1-4H2;1H3;1H4;2*1H;;1H2;;/q;;;-1;;-1;;;;;;+1;;2*+2/p-3/i;;;;;;3D;;;;;;;;. The number of aliphatic hydroxyl groups excluding tert-OH is 1. The van der Waals surface area contributed by atoms with E-state index in [0.29, 0.717) is 33.0 Å². The van der Waals surface area contributed by atoms with Crippen LogP contribution >= 0.6 is 117 Å². The van der Waals surface area contributed by atoms with E-state index in [1.807, 2.05) is 4.93 Å². The topological polar surface area (TPSA) is 202 Å². The van der Waals surface area contributed by atoms with Crippen LogP contribution in [0.3, 0.4) is 0 Å². The molecular weight excluding hydrogens is 2540 g/mol. The molecule has 15 nitrogen and oxygen atoms in total. The summed E-state index contributed by atoms with van der Waals surface area (Å²) in [7, 11) is 0. The number of carbonyl (C=O) groups is 4. The summed E-state index contributed by atoms with van der Waals surface area (Å²) < 4.78 is 56.6. The summed E-state index contributed by atoms with van der Waals surface area (Å²) >= 11 is 18.2. The van der Waals surface area contributed by atoms with E-state index in [4.69, 9.17) is 49.1 Å². The number of carbonyl (C=O) groups excluding carboxylic acids is 4. The molecule has 2 N–H and O–H groups in total. The van der Waals surface area contributed by atoms with E-state index in [2.05, 4.69) is 179 Å². The molecule has 0 saturated carbocycles. The Morgan fingerprint density at radius 3 is 0.707 bits per heavy atom. The summed E-state index contributed by atoms with van der Waals surface area (Å²) in [4.78, 5) is 44.1. The fourth-order valence-corrected chi connectivity index (χ4v) is 18.4. The van der Waals surface area contributed by atoms with Crippen molar-refractivity contribution >= 4 is 141 Å². The molecule has 3 unspecified atom stereocenters. The molecule has 3 fully saturated rings. The van der Waals surface area contributed by atoms with E-state index < -0.39 is 0 Å². The Morgan fingerprint density at radius 2 is 0.524 bits per heavy atom. The van der Waals surface area contributed by atoms with Crippen LogP contribution in [0.1, 0.15) is 581 Å². The predicted octanol–water partition coefficient (Wildman–Crippen LogP) is 38.3. The molecule has 0 aromatic heterocycles. The Kier molecular flexibility index (Phi) is 166. The minimum atomic E-state index is -0.204. The Labute approximate surface area is 1020 Å². The number of benzene rings is 2. The van der Waals surface area contributed by atoms with Gasteiger partial charge in [-0.3, -0.25) is 19.2 Å². The summed E-state index contributed by atoms with van der Waals surface area (Å²) in [5, 5.41) is 9.90. The van der Waals surface area contributed by atoms with Crippen LogP contribution in [0.15, 0.2) is 48.5 Å². The summed E-state index contributed by atoms with van der Waals surface area (Å²) in [6, 6.07) is 18.0. The van der Waals surface area contributed by atoms with Crippen molar-refractivity contribution in [3.63, 3.8) is 0 Å². The normalized spacial score (nSPS) is 13.6. The number of aliphatic hydroxyl groups is 1. The molecule has 0 bridgehead atoms. The van der Waals surface area contributed by atoms with Crippen molar-refractivity contribution in [1.82, 2.24) is 0 Å². The first kappa shape index (κ1) is 162. The van der Waals surface area contributed by atoms with Crippen LogP contribution in [0, 0.1) is 21.0 Å². The van der Waals surface area contributed by atoms with Crippen molar-refractivity contribution in [2.24, 2.45) is 0 Å². The summed E-state index contributed by atoms with van der Waals surface area (Å²) in [6.07, 6.45) is 111. The van der Waals surface area contributed by atoms with Crippen LogP contribution < -0.4 is 29.6 Å². The van der Waals surface area contributed by atoms with Crippen molar-refractivity contribution in [2.75, 3.05) is 82.9 Å². The first-order valence-corrected chi connectivity index (χ1v) is 80.8.